The van der Waals surface area contributed by atoms with Crippen molar-refractivity contribution < 1.29 is 14.3 Å². The van der Waals surface area contributed by atoms with E-state index in [2.05, 4.69) is 18.8 Å². The van der Waals surface area contributed by atoms with Crippen molar-refractivity contribution in [2.75, 3.05) is 39.4 Å². The first-order chi connectivity index (χ1) is 11.5. The van der Waals surface area contributed by atoms with E-state index in [4.69, 9.17) is 4.74 Å². The summed E-state index contributed by atoms with van der Waals surface area (Å²) in [4.78, 5) is 34.3. The number of hydrogen-bond donors (Lipinski definition) is 0. The van der Waals surface area contributed by atoms with E-state index in [1.165, 1.54) is 11.3 Å². The summed E-state index contributed by atoms with van der Waals surface area (Å²) in [6.07, 6.45) is 2.14. The van der Waals surface area contributed by atoms with E-state index >= 15 is 0 Å². The van der Waals surface area contributed by atoms with Gasteiger partial charge in [-0.15, -0.1) is 11.3 Å². The molecular weight excluding hydrogens is 326 g/mol. The Balaban J connectivity index is 1.64. The summed E-state index contributed by atoms with van der Waals surface area (Å²) in [6.45, 7) is 8.04. The molecule has 0 saturated carbocycles. The van der Waals surface area contributed by atoms with Crippen LogP contribution in [0.4, 0.5) is 0 Å². The van der Waals surface area contributed by atoms with Crippen LogP contribution < -0.4 is 0 Å². The van der Waals surface area contributed by atoms with Gasteiger partial charge in [0.05, 0.1) is 18.9 Å². The molecule has 6 nitrogen and oxygen atoms in total. The largest absolute Gasteiger partial charge is 0.378 e. The van der Waals surface area contributed by atoms with Gasteiger partial charge in [0.25, 0.3) is 5.91 Å². The zero-order valence-corrected chi connectivity index (χ0v) is 15.2. The molecule has 7 heteroatoms. The highest BCUT2D eigenvalue weighted by Crippen LogP contribution is 2.24. The van der Waals surface area contributed by atoms with E-state index in [1.807, 2.05) is 9.80 Å². The van der Waals surface area contributed by atoms with E-state index in [-0.39, 0.29) is 11.8 Å². The van der Waals surface area contributed by atoms with Crippen LogP contribution in [0.25, 0.3) is 0 Å². The van der Waals surface area contributed by atoms with Crippen LogP contribution >= 0.6 is 11.3 Å². The maximum absolute atomic E-state index is 12.6. The van der Waals surface area contributed by atoms with Gasteiger partial charge in [-0.05, 0) is 5.92 Å². The van der Waals surface area contributed by atoms with Crippen molar-refractivity contribution in [2.45, 2.75) is 33.1 Å². The fraction of sp³-hybridized carbons (Fsp3) is 0.706. The fourth-order valence-corrected chi connectivity index (χ4v) is 4.15. The van der Waals surface area contributed by atoms with Gasteiger partial charge in [-0.1, -0.05) is 13.8 Å². The summed E-state index contributed by atoms with van der Waals surface area (Å²) >= 11 is 1.50. The molecular formula is C17H25N3O3S. The molecule has 0 bridgehead atoms. The lowest BCUT2D eigenvalue weighted by molar-refractivity contribution is -0.131. The molecule has 2 amide bonds. The number of carbonyl (C=O) groups excluding carboxylic acids is 2. The van der Waals surface area contributed by atoms with Crippen LogP contribution in [0.1, 0.15) is 40.6 Å². The summed E-state index contributed by atoms with van der Waals surface area (Å²) in [5.41, 5.74) is 0.997. The molecule has 0 radical (unpaired) electrons. The van der Waals surface area contributed by atoms with Gasteiger partial charge in [-0.2, -0.15) is 0 Å². The highest BCUT2D eigenvalue weighted by atomic mass is 32.1. The third-order valence-corrected chi connectivity index (χ3v) is 5.57. The van der Waals surface area contributed by atoms with Crippen molar-refractivity contribution in [3.05, 3.63) is 15.6 Å². The third kappa shape index (κ3) is 3.95. The van der Waals surface area contributed by atoms with Crippen LogP contribution in [-0.4, -0.2) is 66.0 Å². The Hall–Kier alpha value is -1.47. The first-order valence-corrected chi connectivity index (χ1v) is 9.49. The summed E-state index contributed by atoms with van der Waals surface area (Å²) in [5, 5.41) is 0.587. The molecule has 1 aromatic rings. The quantitative estimate of drug-likeness (QED) is 0.830. The number of fused-ring (bicyclic) bond motifs is 1. The molecule has 0 spiro atoms. The third-order valence-electron chi connectivity index (χ3n) is 4.42. The predicted octanol–water partition coefficient (Wildman–Crippen LogP) is 1.59. The van der Waals surface area contributed by atoms with Gasteiger partial charge in [0.1, 0.15) is 0 Å². The molecule has 2 aliphatic rings. The molecule has 2 aliphatic heterocycles. The summed E-state index contributed by atoms with van der Waals surface area (Å²) in [7, 11) is 0. The van der Waals surface area contributed by atoms with Crippen molar-refractivity contribution in [2.24, 2.45) is 5.92 Å². The number of hydrogen-bond acceptors (Lipinski definition) is 5. The molecule has 0 aliphatic carbocycles. The van der Waals surface area contributed by atoms with Gasteiger partial charge in [0, 0.05) is 50.3 Å². The Morgan fingerprint density at radius 2 is 1.83 bits per heavy atom. The Kier molecular flexibility index (Phi) is 5.50. The molecule has 3 heterocycles. The van der Waals surface area contributed by atoms with Crippen LogP contribution in [-0.2, 0) is 22.4 Å². The average Bonchev–Trinajstić information content (AvgIpc) is 2.87. The molecule has 1 aromatic heterocycles. The SMILES string of the molecule is CC(C)CC(=O)N1CCc2nc(C(=O)N3CCOCC3)sc2CC1. The Labute approximate surface area is 146 Å². The van der Waals surface area contributed by atoms with E-state index in [0.717, 1.165) is 30.0 Å². The lowest BCUT2D eigenvalue weighted by Crippen LogP contribution is -2.40. The second-order valence-corrected chi connectivity index (χ2v) is 7.86. The number of nitrogens with zero attached hydrogens (tertiary/aromatic N) is 3. The van der Waals surface area contributed by atoms with Crippen LogP contribution in [0.5, 0.6) is 0 Å². The van der Waals surface area contributed by atoms with Crippen LogP contribution in [0.2, 0.25) is 0 Å². The maximum Gasteiger partial charge on any atom is 0.283 e. The number of amides is 2. The second-order valence-electron chi connectivity index (χ2n) is 6.77. The molecule has 0 atom stereocenters. The molecule has 132 valence electrons. The topological polar surface area (TPSA) is 62.7 Å². The number of carbonyl (C=O) groups is 2. The molecule has 24 heavy (non-hydrogen) atoms. The lowest BCUT2D eigenvalue weighted by atomic mass is 10.1. The normalized spacial score (nSPS) is 18.5. The second kappa shape index (κ2) is 7.61. The summed E-state index contributed by atoms with van der Waals surface area (Å²) in [6, 6.07) is 0. The van der Waals surface area contributed by atoms with Crippen LogP contribution in [0.3, 0.4) is 0 Å². The smallest absolute Gasteiger partial charge is 0.283 e. The highest BCUT2D eigenvalue weighted by Gasteiger charge is 2.26. The molecule has 1 saturated heterocycles. The first-order valence-electron chi connectivity index (χ1n) is 8.68. The minimum atomic E-state index is 0.0177. The lowest BCUT2D eigenvalue weighted by Gasteiger charge is -2.25. The van der Waals surface area contributed by atoms with Crippen molar-refractivity contribution in [1.29, 1.82) is 0 Å². The summed E-state index contributed by atoms with van der Waals surface area (Å²) < 4.78 is 5.30. The van der Waals surface area contributed by atoms with Gasteiger partial charge in [0.2, 0.25) is 5.91 Å². The Bertz CT molecular complexity index is 583. The standard InChI is InChI=1S/C17H25N3O3S/c1-12(2)11-15(21)19-5-3-13-14(4-6-19)24-16(18-13)17(22)20-7-9-23-10-8-20/h12H,3-11H2,1-2H3. The van der Waals surface area contributed by atoms with Gasteiger partial charge >= 0.3 is 0 Å². The maximum atomic E-state index is 12.6. The van der Waals surface area contributed by atoms with E-state index in [0.29, 0.717) is 50.2 Å². The minimum absolute atomic E-state index is 0.0177. The average molecular weight is 351 g/mol. The molecule has 0 N–H and O–H groups in total. The number of morpholine rings is 1. The minimum Gasteiger partial charge on any atom is -0.378 e. The summed E-state index contributed by atoms with van der Waals surface area (Å²) in [5.74, 6) is 0.625. The molecule has 1 fully saturated rings. The van der Waals surface area contributed by atoms with E-state index in [9.17, 15) is 9.59 Å². The van der Waals surface area contributed by atoms with Crippen molar-refractivity contribution >= 4 is 23.2 Å². The Morgan fingerprint density at radius 3 is 2.54 bits per heavy atom. The number of thiazole rings is 1. The van der Waals surface area contributed by atoms with Crippen molar-refractivity contribution in [3.8, 4) is 0 Å². The van der Waals surface area contributed by atoms with Crippen LogP contribution in [0.15, 0.2) is 0 Å². The van der Waals surface area contributed by atoms with Crippen molar-refractivity contribution in [1.82, 2.24) is 14.8 Å². The zero-order chi connectivity index (χ0) is 17.1. The monoisotopic (exact) mass is 351 g/mol. The number of rotatable bonds is 3. The molecule has 0 aromatic carbocycles. The molecule has 0 unspecified atom stereocenters. The Morgan fingerprint density at radius 1 is 1.12 bits per heavy atom. The van der Waals surface area contributed by atoms with Gasteiger partial charge in [0.15, 0.2) is 5.01 Å². The number of aromatic nitrogens is 1. The number of ether oxygens (including phenoxy) is 1. The highest BCUT2D eigenvalue weighted by molar-refractivity contribution is 7.13. The van der Waals surface area contributed by atoms with Gasteiger partial charge in [-0.3, -0.25) is 9.59 Å². The zero-order valence-electron chi connectivity index (χ0n) is 14.4. The van der Waals surface area contributed by atoms with Crippen molar-refractivity contribution in [3.63, 3.8) is 0 Å². The van der Waals surface area contributed by atoms with Gasteiger partial charge in [-0.25, -0.2) is 4.98 Å². The fourth-order valence-electron chi connectivity index (χ4n) is 3.08. The van der Waals surface area contributed by atoms with E-state index in [1.54, 1.807) is 0 Å². The predicted molar refractivity (Wildman–Crippen MR) is 92.3 cm³/mol. The molecule has 3 rings (SSSR count). The first kappa shape index (κ1) is 17.4. The van der Waals surface area contributed by atoms with Gasteiger partial charge < -0.3 is 14.5 Å². The van der Waals surface area contributed by atoms with Crippen LogP contribution in [0, 0.1) is 5.92 Å². The van der Waals surface area contributed by atoms with E-state index < -0.39 is 0 Å².